The van der Waals surface area contributed by atoms with Crippen LogP contribution in [-0.2, 0) is 4.79 Å². The summed E-state index contributed by atoms with van der Waals surface area (Å²) in [6.07, 6.45) is 8.77. The number of carbonyl (C=O) groups excluding carboxylic acids is 1. The lowest BCUT2D eigenvalue weighted by Crippen LogP contribution is -2.40. The molecule has 0 N–H and O–H groups in total. The SMILES string of the molecule is CCN(CC#N)C(=O)C1CCC2CCCCC2C1. The molecular weight excluding hydrogens is 224 g/mol. The summed E-state index contributed by atoms with van der Waals surface area (Å²) < 4.78 is 0. The van der Waals surface area contributed by atoms with Crippen molar-refractivity contribution in [1.82, 2.24) is 4.90 Å². The van der Waals surface area contributed by atoms with Crippen LogP contribution in [0.5, 0.6) is 0 Å². The molecule has 2 saturated carbocycles. The molecule has 0 bridgehead atoms. The minimum absolute atomic E-state index is 0.192. The Labute approximate surface area is 110 Å². The number of hydrogen-bond donors (Lipinski definition) is 0. The maximum absolute atomic E-state index is 12.4. The van der Waals surface area contributed by atoms with E-state index in [1.54, 1.807) is 4.90 Å². The van der Waals surface area contributed by atoms with Gasteiger partial charge in [-0.3, -0.25) is 4.79 Å². The molecule has 2 aliphatic carbocycles. The van der Waals surface area contributed by atoms with E-state index in [9.17, 15) is 4.79 Å². The Balaban J connectivity index is 1.93. The first kappa shape index (κ1) is 13.4. The van der Waals surface area contributed by atoms with E-state index in [2.05, 4.69) is 6.07 Å². The van der Waals surface area contributed by atoms with Crippen LogP contribution in [0.1, 0.15) is 51.9 Å². The summed E-state index contributed by atoms with van der Waals surface area (Å²) in [5.74, 6) is 2.08. The molecule has 3 heteroatoms. The molecule has 3 atom stereocenters. The van der Waals surface area contributed by atoms with Crippen LogP contribution in [0, 0.1) is 29.1 Å². The minimum atomic E-state index is 0.192. The molecule has 0 radical (unpaired) electrons. The van der Waals surface area contributed by atoms with Gasteiger partial charge in [-0.05, 0) is 38.0 Å². The van der Waals surface area contributed by atoms with Crippen LogP contribution in [0.15, 0.2) is 0 Å². The molecule has 0 spiro atoms. The Hall–Kier alpha value is -1.04. The molecule has 2 fully saturated rings. The van der Waals surface area contributed by atoms with Crippen LogP contribution < -0.4 is 0 Å². The molecule has 0 aliphatic heterocycles. The zero-order valence-corrected chi connectivity index (χ0v) is 11.4. The van der Waals surface area contributed by atoms with Crippen LogP contribution in [0.25, 0.3) is 0 Å². The zero-order chi connectivity index (χ0) is 13.0. The van der Waals surface area contributed by atoms with Crippen molar-refractivity contribution in [3.63, 3.8) is 0 Å². The second kappa shape index (κ2) is 6.22. The summed E-state index contributed by atoms with van der Waals surface area (Å²) in [6, 6.07) is 2.10. The van der Waals surface area contributed by atoms with E-state index < -0.39 is 0 Å². The monoisotopic (exact) mass is 248 g/mol. The molecule has 0 heterocycles. The van der Waals surface area contributed by atoms with Gasteiger partial charge in [0, 0.05) is 12.5 Å². The van der Waals surface area contributed by atoms with Crippen LogP contribution in [0.2, 0.25) is 0 Å². The first-order valence-corrected chi connectivity index (χ1v) is 7.42. The number of hydrogen-bond acceptors (Lipinski definition) is 2. The average molecular weight is 248 g/mol. The highest BCUT2D eigenvalue weighted by atomic mass is 16.2. The van der Waals surface area contributed by atoms with E-state index >= 15 is 0 Å². The standard InChI is InChI=1S/C15H24N2O/c1-2-17(10-9-16)15(18)14-8-7-12-5-3-4-6-13(12)11-14/h12-14H,2-8,10-11H2,1H3. The summed E-state index contributed by atoms with van der Waals surface area (Å²) in [5.41, 5.74) is 0. The van der Waals surface area contributed by atoms with Gasteiger partial charge in [-0.25, -0.2) is 0 Å². The van der Waals surface area contributed by atoms with Crippen LogP contribution in [-0.4, -0.2) is 23.9 Å². The average Bonchev–Trinajstić information content (AvgIpc) is 2.43. The van der Waals surface area contributed by atoms with Gasteiger partial charge >= 0.3 is 0 Å². The summed E-state index contributed by atoms with van der Waals surface area (Å²) in [7, 11) is 0. The lowest BCUT2D eigenvalue weighted by atomic mass is 9.67. The Morgan fingerprint density at radius 2 is 1.94 bits per heavy atom. The second-order valence-electron chi connectivity index (χ2n) is 5.83. The molecule has 0 saturated heterocycles. The van der Waals surface area contributed by atoms with Crippen LogP contribution in [0.3, 0.4) is 0 Å². The highest BCUT2D eigenvalue weighted by Gasteiger charge is 2.36. The third kappa shape index (κ3) is 2.85. The molecule has 18 heavy (non-hydrogen) atoms. The molecule has 1 amide bonds. The van der Waals surface area contributed by atoms with Gasteiger partial charge < -0.3 is 4.90 Å². The molecule has 100 valence electrons. The summed E-state index contributed by atoms with van der Waals surface area (Å²) >= 11 is 0. The highest BCUT2D eigenvalue weighted by molar-refractivity contribution is 5.79. The van der Waals surface area contributed by atoms with Crippen molar-refractivity contribution in [1.29, 1.82) is 5.26 Å². The Morgan fingerprint density at radius 3 is 2.61 bits per heavy atom. The minimum Gasteiger partial charge on any atom is -0.329 e. The molecular formula is C15H24N2O. The maximum Gasteiger partial charge on any atom is 0.226 e. The quantitative estimate of drug-likeness (QED) is 0.721. The molecule has 0 aromatic heterocycles. The van der Waals surface area contributed by atoms with E-state index in [4.69, 9.17) is 5.26 Å². The van der Waals surface area contributed by atoms with Gasteiger partial charge in [-0.2, -0.15) is 5.26 Å². The van der Waals surface area contributed by atoms with E-state index in [0.29, 0.717) is 6.54 Å². The fourth-order valence-corrected chi connectivity index (χ4v) is 3.79. The Bertz CT molecular complexity index is 334. The van der Waals surface area contributed by atoms with Gasteiger partial charge in [-0.1, -0.05) is 25.7 Å². The molecule has 2 rings (SSSR count). The number of nitriles is 1. The number of fused-ring (bicyclic) bond motifs is 1. The Morgan fingerprint density at radius 1 is 1.22 bits per heavy atom. The van der Waals surface area contributed by atoms with Crippen molar-refractivity contribution in [2.45, 2.75) is 51.9 Å². The van der Waals surface area contributed by atoms with Crippen molar-refractivity contribution in [3.8, 4) is 6.07 Å². The van der Waals surface area contributed by atoms with Gasteiger partial charge in [0.1, 0.15) is 6.54 Å². The molecule has 0 aromatic carbocycles. The van der Waals surface area contributed by atoms with Gasteiger partial charge in [0.15, 0.2) is 0 Å². The fourth-order valence-electron chi connectivity index (χ4n) is 3.79. The van der Waals surface area contributed by atoms with E-state index in [1.165, 1.54) is 32.1 Å². The summed E-state index contributed by atoms with van der Waals surface area (Å²) in [6.45, 7) is 2.87. The number of carbonyl (C=O) groups is 1. The fraction of sp³-hybridized carbons (Fsp3) is 0.867. The predicted octanol–water partition coefficient (Wildman–Crippen LogP) is 2.96. The third-order valence-corrected chi connectivity index (χ3v) is 4.84. The van der Waals surface area contributed by atoms with Crippen molar-refractivity contribution in [3.05, 3.63) is 0 Å². The summed E-state index contributed by atoms with van der Waals surface area (Å²) in [4.78, 5) is 14.1. The van der Waals surface area contributed by atoms with Crippen molar-refractivity contribution < 1.29 is 4.79 Å². The van der Waals surface area contributed by atoms with E-state index in [-0.39, 0.29) is 18.4 Å². The normalized spacial score (nSPS) is 31.2. The zero-order valence-electron chi connectivity index (χ0n) is 11.4. The first-order chi connectivity index (χ1) is 8.76. The molecule has 3 nitrogen and oxygen atoms in total. The van der Waals surface area contributed by atoms with Crippen LogP contribution >= 0.6 is 0 Å². The van der Waals surface area contributed by atoms with Gasteiger partial charge in [0.25, 0.3) is 0 Å². The van der Waals surface area contributed by atoms with Crippen molar-refractivity contribution in [2.24, 2.45) is 17.8 Å². The lowest BCUT2D eigenvalue weighted by molar-refractivity contribution is -0.137. The first-order valence-electron chi connectivity index (χ1n) is 7.42. The van der Waals surface area contributed by atoms with E-state index in [0.717, 1.165) is 24.7 Å². The maximum atomic E-state index is 12.4. The van der Waals surface area contributed by atoms with Crippen LogP contribution in [0.4, 0.5) is 0 Å². The number of nitrogens with zero attached hydrogens (tertiary/aromatic N) is 2. The molecule has 3 unspecified atom stereocenters. The van der Waals surface area contributed by atoms with Gasteiger partial charge in [0.2, 0.25) is 5.91 Å². The van der Waals surface area contributed by atoms with Gasteiger partial charge in [0.05, 0.1) is 6.07 Å². The topological polar surface area (TPSA) is 44.1 Å². The number of amides is 1. The number of rotatable bonds is 3. The predicted molar refractivity (Wildman–Crippen MR) is 70.7 cm³/mol. The largest absolute Gasteiger partial charge is 0.329 e. The summed E-state index contributed by atoms with van der Waals surface area (Å²) in [5, 5.41) is 8.76. The highest BCUT2D eigenvalue weighted by Crippen LogP contribution is 2.43. The van der Waals surface area contributed by atoms with Gasteiger partial charge in [-0.15, -0.1) is 0 Å². The Kier molecular flexibility index (Phi) is 4.63. The molecule has 2 aliphatic rings. The van der Waals surface area contributed by atoms with E-state index in [1.807, 2.05) is 6.92 Å². The smallest absolute Gasteiger partial charge is 0.226 e. The lowest BCUT2D eigenvalue weighted by Gasteiger charge is -2.39. The molecule has 0 aromatic rings. The van der Waals surface area contributed by atoms with Crippen molar-refractivity contribution in [2.75, 3.05) is 13.1 Å². The second-order valence-corrected chi connectivity index (χ2v) is 5.83. The third-order valence-electron chi connectivity index (χ3n) is 4.84. The van der Waals surface area contributed by atoms with Crippen molar-refractivity contribution >= 4 is 5.91 Å².